The fourth-order valence-electron chi connectivity index (χ4n) is 3.29. The third kappa shape index (κ3) is 3.69. The van der Waals surface area contributed by atoms with Crippen molar-refractivity contribution in [2.24, 2.45) is 0 Å². The van der Waals surface area contributed by atoms with Gasteiger partial charge < -0.3 is 19.1 Å². The molecule has 154 valence electrons. The van der Waals surface area contributed by atoms with Gasteiger partial charge in [0, 0.05) is 54.7 Å². The molecule has 0 bridgehead atoms. The molecule has 3 heterocycles. The van der Waals surface area contributed by atoms with E-state index in [2.05, 4.69) is 0 Å². The van der Waals surface area contributed by atoms with Crippen LogP contribution in [0.3, 0.4) is 0 Å². The van der Waals surface area contributed by atoms with Crippen LogP contribution in [0.25, 0.3) is 22.2 Å². The van der Waals surface area contributed by atoms with Crippen molar-refractivity contribution < 1.29 is 19.0 Å². The molecule has 1 aliphatic heterocycles. The summed E-state index contributed by atoms with van der Waals surface area (Å²) < 4.78 is 17.2. The van der Waals surface area contributed by atoms with Gasteiger partial charge >= 0.3 is 0 Å². The van der Waals surface area contributed by atoms with E-state index in [1.165, 1.54) is 11.0 Å². The minimum absolute atomic E-state index is 0.117. The van der Waals surface area contributed by atoms with Gasteiger partial charge in [-0.3, -0.25) is 4.79 Å². The van der Waals surface area contributed by atoms with E-state index in [1.54, 1.807) is 45.7 Å². The minimum Gasteiger partial charge on any atom is -0.497 e. The van der Waals surface area contributed by atoms with Crippen molar-refractivity contribution in [3.8, 4) is 5.75 Å². The van der Waals surface area contributed by atoms with Crippen LogP contribution in [0, 0.1) is 0 Å². The summed E-state index contributed by atoms with van der Waals surface area (Å²) in [7, 11) is 6.67. The Hall–Kier alpha value is -3.16. The summed E-state index contributed by atoms with van der Waals surface area (Å²) in [6.07, 6.45) is 2.68. The molecule has 1 atom stereocenters. The Morgan fingerprint density at radius 2 is 2.07 bits per heavy atom. The van der Waals surface area contributed by atoms with Crippen LogP contribution in [0.15, 0.2) is 53.2 Å². The van der Waals surface area contributed by atoms with Crippen LogP contribution in [-0.4, -0.2) is 44.1 Å². The highest BCUT2D eigenvalue weighted by atomic mass is 32.1. The first-order valence-corrected chi connectivity index (χ1v) is 10.3. The first kappa shape index (κ1) is 20.1. The highest BCUT2D eigenvalue weighted by molar-refractivity contribution is 7.08. The monoisotopic (exact) mass is 422 g/mol. The highest BCUT2D eigenvalue weighted by Gasteiger charge is 2.30. The topological polar surface area (TPSA) is 60.9 Å². The molecule has 0 saturated heterocycles. The second kappa shape index (κ2) is 8.30. The van der Waals surface area contributed by atoms with Gasteiger partial charge in [-0.25, -0.2) is 4.98 Å². The molecule has 2 aromatic heterocycles. The second-order valence-corrected chi connectivity index (χ2v) is 7.77. The standard InChI is InChI=1S/C23H22N2O4S/c1-25(2)20(26)8-6-17-21-18(12-15-11-16(27-3)5-7-19(15)24-21)23(28-4)29-22(17)14-9-10-30-13-14/h5-13,23H,1-4H3/b8-6+. The number of likely N-dealkylation sites (N-methyl/N-ethyl adjacent to an activating group) is 1. The number of pyridine rings is 1. The highest BCUT2D eigenvalue weighted by Crippen LogP contribution is 2.42. The average molecular weight is 423 g/mol. The third-order valence-electron chi connectivity index (χ3n) is 4.86. The quantitative estimate of drug-likeness (QED) is 0.567. The average Bonchev–Trinajstić information content (AvgIpc) is 3.29. The van der Waals surface area contributed by atoms with E-state index in [0.29, 0.717) is 5.76 Å². The molecule has 1 aromatic carbocycles. The van der Waals surface area contributed by atoms with Crippen LogP contribution in [0.1, 0.15) is 23.1 Å². The molecule has 6 nitrogen and oxygen atoms in total. The number of methoxy groups -OCH3 is 2. The number of ether oxygens (including phenoxy) is 3. The minimum atomic E-state index is -0.611. The SMILES string of the molecule is COc1ccc2nc3c(cc2c1)C(OC)OC(c1ccsc1)=C3/C=C/C(=O)N(C)C. The first-order chi connectivity index (χ1) is 14.5. The zero-order valence-electron chi connectivity index (χ0n) is 17.2. The number of fused-ring (bicyclic) bond motifs is 2. The lowest BCUT2D eigenvalue weighted by Crippen LogP contribution is -2.19. The summed E-state index contributed by atoms with van der Waals surface area (Å²) in [5.74, 6) is 1.27. The number of benzene rings is 1. The Bertz CT molecular complexity index is 1150. The number of carbonyl (C=O) groups excluding carboxylic acids is 1. The van der Waals surface area contributed by atoms with Gasteiger partial charge in [-0.1, -0.05) is 0 Å². The van der Waals surface area contributed by atoms with Crippen molar-refractivity contribution in [2.45, 2.75) is 6.29 Å². The Morgan fingerprint density at radius 3 is 2.73 bits per heavy atom. The van der Waals surface area contributed by atoms with Gasteiger partial charge in [-0.05, 0) is 41.8 Å². The van der Waals surface area contributed by atoms with Crippen molar-refractivity contribution in [1.29, 1.82) is 0 Å². The summed E-state index contributed by atoms with van der Waals surface area (Å²) in [5.41, 5.74) is 4.01. The molecule has 0 radical (unpaired) electrons. The molecule has 0 spiro atoms. The number of carbonyl (C=O) groups is 1. The Morgan fingerprint density at radius 1 is 1.23 bits per heavy atom. The fraction of sp³-hybridized carbons (Fsp3) is 0.217. The summed E-state index contributed by atoms with van der Waals surface area (Å²) >= 11 is 1.57. The summed E-state index contributed by atoms with van der Waals surface area (Å²) in [5, 5.41) is 4.90. The molecule has 7 heteroatoms. The van der Waals surface area contributed by atoms with E-state index >= 15 is 0 Å². The molecular weight excluding hydrogens is 400 g/mol. The van der Waals surface area contributed by atoms with Gasteiger partial charge in [0.05, 0.1) is 18.3 Å². The van der Waals surface area contributed by atoms with Gasteiger partial charge in [0.15, 0.2) is 0 Å². The van der Waals surface area contributed by atoms with Gasteiger partial charge in [-0.15, -0.1) is 0 Å². The second-order valence-electron chi connectivity index (χ2n) is 6.99. The fourth-order valence-corrected chi connectivity index (χ4v) is 3.92. The molecule has 1 amide bonds. The van der Waals surface area contributed by atoms with Crippen molar-refractivity contribution in [3.63, 3.8) is 0 Å². The largest absolute Gasteiger partial charge is 0.497 e. The molecular formula is C23H22N2O4S. The number of rotatable bonds is 5. The van der Waals surface area contributed by atoms with Gasteiger partial charge in [-0.2, -0.15) is 11.3 Å². The van der Waals surface area contributed by atoms with Gasteiger partial charge in [0.1, 0.15) is 11.5 Å². The van der Waals surface area contributed by atoms with E-state index < -0.39 is 6.29 Å². The molecule has 0 N–H and O–H groups in total. The van der Waals surface area contributed by atoms with Gasteiger partial charge in [0.2, 0.25) is 12.2 Å². The van der Waals surface area contributed by atoms with Crippen molar-refractivity contribution in [2.75, 3.05) is 28.3 Å². The van der Waals surface area contributed by atoms with Crippen LogP contribution >= 0.6 is 11.3 Å². The van der Waals surface area contributed by atoms with Crippen LogP contribution in [0.2, 0.25) is 0 Å². The predicted octanol–water partition coefficient (Wildman–Crippen LogP) is 4.49. The van der Waals surface area contributed by atoms with E-state index in [-0.39, 0.29) is 5.91 Å². The molecule has 30 heavy (non-hydrogen) atoms. The smallest absolute Gasteiger partial charge is 0.246 e. The number of hydrogen-bond donors (Lipinski definition) is 0. The van der Waals surface area contributed by atoms with Crippen LogP contribution in [0.5, 0.6) is 5.75 Å². The number of allylic oxidation sites excluding steroid dienone is 2. The lowest BCUT2D eigenvalue weighted by atomic mass is 9.97. The molecule has 1 unspecified atom stereocenters. The van der Waals surface area contributed by atoms with Crippen LogP contribution in [-0.2, 0) is 14.3 Å². The van der Waals surface area contributed by atoms with Crippen molar-refractivity contribution >= 4 is 39.5 Å². The molecule has 4 rings (SSSR count). The molecule has 1 aliphatic rings. The molecule has 0 saturated carbocycles. The first-order valence-electron chi connectivity index (χ1n) is 9.36. The van der Waals surface area contributed by atoms with Crippen LogP contribution < -0.4 is 4.74 Å². The third-order valence-corrected chi connectivity index (χ3v) is 5.54. The molecule has 0 fully saturated rings. The molecule has 0 aliphatic carbocycles. The van der Waals surface area contributed by atoms with Gasteiger partial charge in [0.25, 0.3) is 0 Å². The number of thiophene rings is 1. The zero-order valence-corrected chi connectivity index (χ0v) is 18.0. The maximum absolute atomic E-state index is 12.2. The van der Waals surface area contributed by atoms with E-state index in [0.717, 1.165) is 39.0 Å². The Balaban J connectivity index is 1.95. The maximum Gasteiger partial charge on any atom is 0.246 e. The van der Waals surface area contributed by atoms with E-state index in [1.807, 2.05) is 41.1 Å². The van der Waals surface area contributed by atoms with Crippen molar-refractivity contribution in [1.82, 2.24) is 9.88 Å². The normalized spacial score (nSPS) is 15.9. The Kier molecular flexibility index (Phi) is 5.57. The number of amides is 1. The predicted molar refractivity (Wildman–Crippen MR) is 118 cm³/mol. The lowest BCUT2D eigenvalue weighted by Gasteiger charge is -2.28. The van der Waals surface area contributed by atoms with Crippen molar-refractivity contribution in [3.05, 3.63) is 70.1 Å². The Labute approximate surface area is 179 Å². The number of nitrogens with zero attached hydrogens (tertiary/aromatic N) is 2. The number of hydrogen-bond acceptors (Lipinski definition) is 6. The molecule has 3 aromatic rings. The van der Waals surface area contributed by atoms with E-state index in [4.69, 9.17) is 19.2 Å². The van der Waals surface area contributed by atoms with Crippen LogP contribution in [0.4, 0.5) is 0 Å². The summed E-state index contributed by atoms with van der Waals surface area (Å²) in [4.78, 5) is 18.6. The zero-order chi connectivity index (χ0) is 21.3. The number of aromatic nitrogens is 1. The summed E-state index contributed by atoms with van der Waals surface area (Å²) in [6, 6.07) is 9.70. The maximum atomic E-state index is 12.2. The summed E-state index contributed by atoms with van der Waals surface area (Å²) in [6.45, 7) is 0. The van der Waals surface area contributed by atoms with E-state index in [9.17, 15) is 4.79 Å². The lowest BCUT2D eigenvalue weighted by molar-refractivity contribution is -0.123.